The highest BCUT2D eigenvalue weighted by Crippen LogP contribution is 2.36. The molecule has 1 saturated heterocycles. The number of amides is 1. The van der Waals surface area contributed by atoms with Crippen LogP contribution in [-0.4, -0.2) is 41.2 Å². The van der Waals surface area contributed by atoms with Gasteiger partial charge in [-0.1, -0.05) is 12.8 Å². The van der Waals surface area contributed by atoms with Crippen molar-refractivity contribution >= 4 is 5.91 Å². The monoisotopic (exact) mass is 293 g/mol. The third kappa shape index (κ3) is 2.96. The van der Waals surface area contributed by atoms with Crippen molar-refractivity contribution in [3.8, 4) is 0 Å². The van der Waals surface area contributed by atoms with Crippen molar-refractivity contribution in [2.45, 2.75) is 70.4 Å². The Kier molecular flexibility index (Phi) is 4.53. The first-order chi connectivity index (χ1) is 10.2. The Morgan fingerprint density at radius 1 is 1.19 bits per heavy atom. The van der Waals surface area contributed by atoms with E-state index in [1.165, 1.54) is 6.42 Å². The summed E-state index contributed by atoms with van der Waals surface area (Å²) in [5.41, 5.74) is 0.860. The van der Waals surface area contributed by atoms with E-state index in [0.717, 1.165) is 69.4 Å². The lowest BCUT2D eigenvalue weighted by molar-refractivity contribution is -0.130. The van der Waals surface area contributed by atoms with E-state index in [0.29, 0.717) is 0 Å². The van der Waals surface area contributed by atoms with Gasteiger partial charge in [0.05, 0.1) is 18.3 Å². The van der Waals surface area contributed by atoms with Gasteiger partial charge in [0.2, 0.25) is 0 Å². The summed E-state index contributed by atoms with van der Waals surface area (Å²) in [5, 5.41) is 10.3. The molecule has 21 heavy (non-hydrogen) atoms. The summed E-state index contributed by atoms with van der Waals surface area (Å²) in [7, 11) is 0. The predicted octanol–water partition coefficient (Wildman–Crippen LogP) is 2.61. The van der Waals surface area contributed by atoms with Crippen LogP contribution in [0.4, 0.5) is 0 Å². The van der Waals surface area contributed by atoms with Gasteiger partial charge >= 0.3 is 0 Å². The van der Waals surface area contributed by atoms with E-state index in [2.05, 4.69) is 0 Å². The van der Waals surface area contributed by atoms with Crippen LogP contribution in [0.15, 0.2) is 11.3 Å². The number of carbonyl (C=O) groups excluding carboxylic acids is 1. The van der Waals surface area contributed by atoms with Gasteiger partial charge in [-0.3, -0.25) is 4.79 Å². The fraction of sp³-hybridized carbons (Fsp3) is 0.824. The minimum absolute atomic E-state index is 0.160. The number of allylic oxidation sites excluding steroid dienone is 1. The first kappa shape index (κ1) is 14.9. The number of hydrogen-bond donors (Lipinski definition) is 1. The molecule has 2 aliphatic heterocycles. The third-order valence-corrected chi connectivity index (χ3v) is 5.41. The summed E-state index contributed by atoms with van der Waals surface area (Å²) in [4.78, 5) is 14.9. The molecule has 3 rings (SSSR count). The summed E-state index contributed by atoms with van der Waals surface area (Å²) < 4.78 is 5.56. The first-order valence-corrected chi connectivity index (χ1v) is 8.50. The van der Waals surface area contributed by atoms with Crippen molar-refractivity contribution in [1.29, 1.82) is 0 Å². The van der Waals surface area contributed by atoms with Crippen LogP contribution in [0.1, 0.15) is 58.3 Å². The van der Waals surface area contributed by atoms with Crippen molar-refractivity contribution in [2.24, 2.45) is 5.92 Å². The highest BCUT2D eigenvalue weighted by Gasteiger charge is 2.40. The van der Waals surface area contributed by atoms with Crippen LogP contribution in [0.5, 0.6) is 0 Å². The molecule has 4 heteroatoms. The molecule has 0 radical (unpaired) electrons. The van der Waals surface area contributed by atoms with E-state index < -0.39 is 0 Å². The Hall–Kier alpha value is -1.03. The zero-order valence-electron chi connectivity index (χ0n) is 13.0. The zero-order chi connectivity index (χ0) is 14.8. The Balaban J connectivity index is 1.75. The average molecular weight is 293 g/mol. The Morgan fingerprint density at radius 3 is 2.76 bits per heavy atom. The Bertz CT molecular complexity index is 432. The lowest BCUT2D eigenvalue weighted by Gasteiger charge is -2.38. The molecule has 3 atom stereocenters. The number of nitrogens with zero attached hydrogens (tertiary/aromatic N) is 1. The second-order valence-corrected chi connectivity index (χ2v) is 6.71. The number of ether oxygens (including phenoxy) is 1. The molecule has 0 spiro atoms. The normalized spacial score (nSPS) is 34.0. The Morgan fingerprint density at radius 2 is 2.00 bits per heavy atom. The molecule has 118 valence electrons. The Labute approximate surface area is 127 Å². The molecule has 3 aliphatic rings. The van der Waals surface area contributed by atoms with Crippen LogP contribution in [0.25, 0.3) is 0 Å². The number of aliphatic hydroxyl groups is 1. The van der Waals surface area contributed by atoms with Crippen molar-refractivity contribution in [3.63, 3.8) is 0 Å². The van der Waals surface area contributed by atoms with Gasteiger partial charge < -0.3 is 14.7 Å². The SMILES string of the molecule is CC1=C(C(=O)N2CCC[C@@H]2[C@@H]2CCCC[C@H]2O)CCCO1. The molecule has 1 saturated carbocycles. The molecular formula is C17H27NO3. The number of likely N-dealkylation sites (tertiary alicyclic amines) is 1. The molecular weight excluding hydrogens is 266 g/mol. The summed E-state index contributed by atoms with van der Waals surface area (Å²) in [6.45, 7) is 3.48. The standard InChI is InChI=1S/C17H27NO3/c1-12-13(7-5-11-21-12)17(20)18-10-4-8-15(18)14-6-2-3-9-16(14)19/h14-16,19H,2-11H2,1H3/t14-,15+,16+/m0/s1. The van der Waals surface area contributed by atoms with Gasteiger partial charge in [0.15, 0.2) is 0 Å². The minimum atomic E-state index is -0.227. The molecule has 2 heterocycles. The van der Waals surface area contributed by atoms with Crippen LogP contribution in [0, 0.1) is 5.92 Å². The van der Waals surface area contributed by atoms with Gasteiger partial charge in [-0.2, -0.15) is 0 Å². The number of aliphatic hydroxyl groups excluding tert-OH is 1. The maximum atomic E-state index is 12.9. The zero-order valence-corrected chi connectivity index (χ0v) is 13.0. The number of hydrogen-bond acceptors (Lipinski definition) is 3. The topological polar surface area (TPSA) is 49.8 Å². The van der Waals surface area contributed by atoms with Crippen molar-refractivity contribution < 1.29 is 14.6 Å². The van der Waals surface area contributed by atoms with E-state index in [9.17, 15) is 9.90 Å². The third-order valence-electron chi connectivity index (χ3n) is 5.41. The van der Waals surface area contributed by atoms with Crippen LogP contribution >= 0.6 is 0 Å². The quantitative estimate of drug-likeness (QED) is 0.851. The molecule has 1 amide bonds. The van der Waals surface area contributed by atoms with Crippen LogP contribution in [0.2, 0.25) is 0 Å². The van der Waals surface area contributed by atoms with Gasteiger partial charge in [0.1, 0.15) is 5.76 Å². The van der Waals surface area contributed by atoms with Gasteiger partial charge in [-0.15, -0.1) is 0 Å². The first-order valence-electron chi connectivity index (χ1n) is 8.50. The van der Waals surface area contributed by atoms with Crippen molar-refractivity contribution in [1.82, 2.24) is 4.90 Å². The smallest absolute Gasteiger partial charge is 0.253 e. The molecule has 1 aliphatic carbocycles. The second kappa shape index (κ2) is 6.39. The van der Waals surface area contributed by atoms with Gasteiger partial charge in [-0.05, 0) is 45.4 Å². The maximum Gasteiger partial charge on any atom is 0.253 e. The molecule has 0 aromatic heterocycles. The summed E-state index contributed by atoms with van der Waals surface area (Å²) in [5.74, 6) is 1.24. The van der Waals surface area contributed by atoms with E-state index in [1.54, 1.807) is 0 Å². The highest BCUT2D eigenvalue weighted by molar-refractivity contribution is 5.94. The lowest BCUT2D eigenvalue weighted by atomic mass is 9.80. The van der Waals surface area contributed by atoms with Gasteiger partial charge in [-0.25, -0.2) is 0 Å². The van der Waals surface area contributed by atoms with E-state index in [1.807, 2.05) is 11.8 Å². The highest BCUT2D eigenvalue weighted by atomic mass is 16.5. The molecule has 0 aromatic rings. The largest absolute Gasteiger partial charge is 0.498 e. The molecule has 0 unspecified atom stereocenters. The lowest BCUT2D eigenvalue weighted by Crippen LogP contribution is -2.46. The number of carbonyl (C=O) groups is 1. The summed E-state index contributed by atoms with van der Waals surface area (Å²) in [6, 6.07) is 0.232. The summed E-state index contributed by atoms with van der Waals surface area (Å²) >= 11 is 0. The fourth-order valence-corrected chi connectivity index (χ4v) is 4.25. The van der Waals surface area contributed by atoms with Crippen molar-refractivity contribution in [2.75, 3.05) is 13.2 Å². The average Bonchev–Trinajstić information content (AvgIpc) is 2.97. The van der Waals surface area contributed by atoms with Gasteiger partial charge in [0, 0.05) is 18.5 Å². The predicted molar refractivity (Wildman–Crippen MR) is 80.6 cm³/mol. The van der Waals surface area contributed by atoms with E-state index in [-0.39, 0.29) is 24.0 Å². The summed E-state index contributed by atoms with van der Waals surface area (Å²) in [6.07, 6.45) is 7.91. The maximum absolute atomic E-state index is 12.9. The number of rotatable bonds is 2. The van der Waals surface area contributed by atoms with Gasteiger partial charge in [0.25, 0.3) is 5.91 Å². The van der Waals surface area contributed by atoms with Crippen molar-refractivity contribution in [3.05, 3.63) is 11.3 Å². The molecule has 4 nitrogen and oxygen atoms in total. The van der Waals surface area contributed by atoms with Crippen LogP contribution < -0.4 is 0 Å². The van der Waals surface area contributed by atoms with Crippen LogP contribution in [0.3, 0.4) is 0 Å². The second-order valence-electron chi connectivity index (χ2n) is 6.71. The molecule has 0 bridgehead atoms. The fourth-order valence-electron chi connectivity index (χ4n) is 4.25. The molecule has 0 aromatic carbocycles. The van der Waals surface area contributed by atoms with E-state index >= 15 is 0 Å². The van der Waals surface area contributed by atoms with Crippen LogP contribution in [-0.2, 0) is 9.53 Å². The molecule has 1 N–H and O–H groups in total. The minimum Gasteiger partial charge on any atom is -0.498 e. The molecule has 2 fully saturated rings. The van der Waals surface area contributed by atoms with E-state index in [4.69, 9.17) is 4.74 Å².